The van der Waals surface area contributed by atoms with Crippen molar-refractivity contribution in [1.82, 2.24) is 4.73 Å². The summed E-state index contributed by atoms with van der Waals surface area (Å²) in [6.07, 6.45) is 0. The molecule has 2 aromatic rings. The first kappa shape index (κ1) is 14.8. The van der Waals surface area contributed by atoms with Gasteiger partial charge >= 0.3 is 5.97 Å². The number of nitro benzene ring substituents is 2. The molecule has 0 unspecified atom stereocenters. The molecule has 22 heavy (non-hydrogen) atoms. The van der Waals surface area contributed by atoms with Crippen molar-refractivity contribution in [2.24, 2.45) is 0 Å². The van der Waals surface area contributed by atoms with Crippen LogP contribution in [-0.4, -0.2) is 30.8 Å². The normalized spacial score (nSPS) is 10.2. The van der Waals surface area contributed by atoms with Crippen LogP contribution in [0.25, 0.3) is 0 Å². The minimum Gasteiger partial charge on any atom is -0.492 e. The van der Waals surface area contributed by atoms with Gasteiger partial charge in [0.25, 0.3) is 11.4 Å². The van der Waals surface area contributed by atoms with Crippen LogP contribution in [0, 0.1) is 20.2 Å². The van der Waals surface area contributed by atoms with Crippen LogP contribution in [0.3, 0.4) is 0 Å². The van der Waals surface area contributed by atoms with E-state index < -0.39 is 44.5 Å². The van der Waals surface area contributed by atoms with E-state index in [2.05, 4.69) is 4.84 Å². The highest BCUT2D eigenvalue weighted by atomic mass is 16.7. The third-order valence-corrected chi connectivity index (χ3v) is 2.53. The fourth-order valence-electron chi connectivity index (χ4n) is 1.55. The van der Waals surface area contributed by atoms with Gasteiger partial charge in [0.2, 0.25) is 11.8 Å². The van der Waals surface area contributed by atoms with E-state index in [-0.39, 0.29) is 0 Å². The van der Waals surface area contributed by atoms with Gasteiger partial charge in [0.15, 0.2) is 0 Å². The molecule has 0 aliphatic carbocycles. The second kappa shape index (κ2) is 5.40. The van der Waals surface area contributed by atoms with Crippen LogP contribution >= 0.6 is 0 Å². The number of non-ortho nitro benzene ring substituents is 2. The van der Waals surface area contributed by atoms with Crippen molar-refractivity contribution in [2.75, 3.05) is 0 Å². The maximum Gasteiger partial charge on any atom is 0.364 e. The Labute approximate surface area is 120 Å². The minimum atomic E-state index is -1.24. The molecule has 11 heteroatoms. The average Bonchev–Trinajstić information content (AvgIpc) is 2.78. The highest BCUT2D eigenvalue weighted by Crippen LogP contribution is 2.24. The molecule has 1 heterocycles. The first-order chi connectivity index (χ1) is 10.3. The second-order valence-corrected chi connectivity index (χ2v) is 3.98. The number of nitrogens with zero attached hydrogens (tertiary/aromatic N) is 3. The van der Waals surface area contributed by atoms with Crippen LogP contribution in [0.5, 0.6) is 11.8 Å². The molecule has 2 rings (SSSR count). The van der Waals surface area contributed by atoms with Crippen molar-refractivity contribution in [1.29, 1.82) is 0 Å². The van der Waals surface area contributed by atoms with E-state index in [9.17, 15) is 35.2 Å². The van der Waals surface area contributed by atoms with Gasteiger partial charge in [-0.05, 0) is 0 Å². The Morgan fingerprint density at radius 3 is 1.86 bits per heavy atom. The molecular formula is C11H7N3O8. The highest BCUT2D eigenvalue weighted by Gasteiger charge is 2.22. The van der Waals surface area contributed by atoms with E-state index >= 15 is 0 Å². The predicted molar refractivity (Wildman–Crippen MR) is 68.4 cm³/mol. The number of benzene rings is 1. The topological polar surface area (TPSA) is 158 Å². The van der Waals surface area contributed by atoms with E-state index in [1.54, 1.807) is 0 Å². The monoisotopic (exact) mass is 309 g/mol. The summed E-state index contributed by atoms with van der Waals surface area (Å²) in [5.74, 6) is -2.45. The molecule has 0 saturated heterocycles. The molecular weight excluding hydrogens is 302 g/mol. The Kier molecular flexibility index (Phi) is 3.62. The lowest BCUT2D eigenvalue weighted by Gasteiger charge is -2.06. The quantitative estimate of drug-likeness (QED) is 0.624. The Morgan fingerprint density at radius 2 is 1.45 bits per heavy atom. The van der Waals surface area contributed by atoms with Crippen molar-refractivity contribution < 1.29 is 29.7 Å². The lowest BCUT2D eigenvalue weighted by atomic mass is 10.2. The van der Waals surface area contributed by atoms with Crippen LogP contribution in [0.2, 0.25) is 0 Å². The van der Waals surface area contributed by atoms with Gasteiger partial charge in [-0.2, -0.15) is 0 Å². The van der Waals surface area contributed by atoms with Gasteiger partial charge in [-0.25, -0.2) is 4.79 Å². The summed E-state index contributed by atoms with van der Waals surface area (Å²) in [5.41, 5.74) is -1.85. The molecule has 0 radical (unpaired) electrons. The summed E-state index contributed by atoms with van der Waals surface area (Å²) in [6, 6.07) is 4.28. The lowest BCUT2D eigenvalue weighted by Crippen LogP contribution is -2.19. The molecule has 0 amide bonds. The standard InChI is InChI=1S/C11H7N3O8/c15-9-1-2-10(16)12(9)22-11(17)6-3-7(13(18)19)5-8(4-6)14(20)21/h1-5,15-16H. The number of carbonyl (C=O) groups excluding carboxylic acids is 1. The van der Waals surface area contributed by atoms with E-state index in [4.69, 9.17) is 0 Å². The molecule has 0 bridgehead atoms. The third-order valence-electron chi connectivity index (χ3n) is 2.53. The van der Waals surface area contributed by atoms with Crippen LogP contribution in [-0.2, 0) is 0 Å². The van der Waals surface area contributed by atoms with Crippen LogP contribution in [0.15, 0.2) is 30.3 Å². The number of rotatable bonds is 4. The summed E-state index contributed by atoms with van der Waals surface area (Å²) >= 11 is 0. The molecule has 1 aromatic heterocycles. The fourth-order valence-corrected chi connectivity index (χ4v) is 1.55. The van der Waals surface area contributed by atoms with Gasteiger partial charge in [0.05, 0.1) is 21.5 Å². The Balaban J connectivity index is 2.41. The summed E-state index contributed by atoms with van der Waals surface area (Å²) in [7, 11) is 0. The predicted octanol–water partition coefficient (Wildman–Crippen LogP) is 0.985. The molecule has 0 aliphatic rings. The summed E-state index contributed by atoms with van der Waals surface area (Å²) < 4.78 is 0.354. The molecule has 0 saturated carbocycles. The van der Waals surface area contributed by atoms with E-state index in [0.29, 0.717) is 10.8 Å². The van der Waals surface area contributed by atoms with Crippen LogP contribution < -0.4 is 4.84 Å². The Bertz CT molecular complexity index is 730. The molecule has 11 nitrogen and oxygen atoms in total. The first-order valence-electron chi connectivity index (χ1n) is 5.56. The molecule has 0 atom stereocenters. The molecule has 0 aliphatic heterocycles. The zero-order valence-corrected chi connectivity index (χ0v) is 10.6. The Morgan fingerprint density at radius 1 is 1.00 bits per heavy atom. The summed E-state index contributed by atoms with van der Waals surface area (Å²) in [6.45, 7) is 0. The zero-order valence-electron chi connectivity index (χ0n) is 10.6. The maximum atomic E-state index is 11.9. The van der Waals surface area contributed by atoms with Gasteiger partial charge in [-0.3, -0.25) is 20.2 Å². The van der Waals surface area contributed by atoms with E-state index in [1.165, 1.54) is 0 Å². The number of hydrogen-bond donors (Lipinski definition) is 2. The van der Waals surface area contributed by atoms with Crippen molar-refractivity contribution in [3.8, 4) is 11.8 Å². The maximum absolute atomic E-state index is 11.9. The zero-order chi connectivity index (χ0) is 16.4. The van der Waals surface area contributed by atoms with E-state index in [1.807, 2.05) is 0 Å². The van der Waals surface area contributed by atoms with Crippen LogP contribution in [0.4, 0.5) is 11.4 Å². The van der Waals surface area contributed by atoms with Crippen molar-refractivity contribution in [3.05, 3.63) is 56.1 Å². The second-order valence-electron chi connectivity index (χ2n) is 3.98. The van der Waals surface area contributed by atoms with Gasteiger partial charge in [-0.1, -0.05) is 0 Å². The molecule has 114 valence electrons. The smallest absolute Gasteiger partial charge is 0.364 e. The number of carbonyl (C=O) groups is 1. The highest BCUT2D eigenvalue weighted by molar-refractivity contribution is 5.91. The molecule has 0 spiro atoms. The molecule has 0 fully saturated rings. The summed E-state index contributed by atoms with van der Waals surface area (Å²) in [4.78, 5) is 36.1. The number of nitro groups is 2. The van der Waals surface area contributed by atoms with Crippen molar-refractivity contribution in [3.63, 3.8) is 0 Å². The molecule has 1 aromatic carbocycles. The van der Waals surface area contributed by atoms with E-state index in [0.717, 1.165) is 24.3 Å². The average molecular weight is 309 g/mol. The van der Waals surface area contributed by atoms with Gasteiger partial charge < -0.3 is 15.1 Å². The van der Waals surface area contributed by atoms with Gasteiger partial charge in [-0.15, -0.1) is 4.73 Å². The number of aromatic hydroxyl groups is 2. The SMILES string of the molecule is O=C(On1c(O)ccc1O)c1cc([N+](=O)[O-])cc([N+](=O)[O-])c1. The third kappa shape index (κ3) is 2.77. The number of hydrogen-bond acceptors (Lipinski definition) is 8. The summed E-state index contributed by atoms with van der Waals surface area (Å²) in [5, 5.41) is 40.1. The van der Waals surface area contributed by atoms with Crippen molar-refractivity contribution >= 4 is 17.3 Å². The largest absolute Gasteiger partial charge is 0.492 e. The van der Waals surface area contributed by atoms with Gasteiger partial charge in [0.1, 0.15) is 0 Å². The number of aromatic nitrogens is 1. The fraction of sp³-hybridized carbons (Fsp3) is 0. The van der Waals surface area contributed by atoms with Crippen molar-refractivity contribution in [2.45, 2.75) is 0 Å². The first-order valence-corrected chi connectivity index (χ1v) is 5.56. The lowest BCUT2D eigenvalue weighted by molar-refractivity contribution is -0.394. The minimum absolute atomic E-state index is 0.354. The molecule has 2 N–H and O–H groups in total. The van der Waals surface area contributed by atoms with Gasteiger partial charge in [0, 0.05) is 24.3 Å². The Hall–Kier alpha value is -3.63. The van der Waals surface area contributed by atoms with Crippen LogP contribution in [0.1, 0.15) is 10.4 Å².